The van der Waals surface area contributed by atoms with E-state index in [2.05, 4.69) is 17.4 Å². The molecule has 0 saturated carbocycles. The second kappa shape index (κ2) is 3.87. The van der Waals surface area contributed by atoms with E-state index in [-0.39, 0.29) is 30.1 Å². The molecule has 3 aliphatic heterocycles. The first kappa shape index (κ1) is 11.8. The number of hydrogen-bond acceptors (Lipinski definition) is 2. The van der Waals surface area contributed by atoms with Crippen molar-refractivity contribution in [1.29, 1.82) is 0 Å². The van der Waals surface area contributed by atoms with Crippen molar-refractivity contribution in [2.24, 2.45) is 0 Å². The minimum absolute atomic E-state index is 0.00312. The summed E-state index contributed by atoms with van der Waals surface area (Å²) in [6.45, 7) is 0. The molecule has 3 heterocycles. The molecule has 1 fully saturated rings. The molecule has 4 atom stereocenters. The number of nitrogens with one attached hydrogen (secondary N) is 1. The molecule has 0 aliphatic carbocycles. The second-order valence-electron chi connectivity index (χ2n) is 5.86. The zero-order chi connectivity index (χ0) is 14.1. The van der Waals surface area contributed by atoms with Gasteiger partial charge >= 0.3 is 0 Å². The molecule has 1 saturated heterocycles. The highest BCUT2D eigenvalue weighted by atomic mass is 35.5. The minimum atomic E-state index is -0.0488. The fraction of sp³-hybridized carbons (Fsp3) is 0.235. The van der Waals surface area contributed by atoms with Crippen molar-refractivity contribution in [2.45, 2.75) is 24.2 Å². The molecule has 1 amide bonds. The molecule has 3 aliphatic rings. The number of carbonyl (C=O) groups is 1. The van der Waals surface area contributed by atoms with Gasteiger partial charge in [0.15, 0.2) is 0 Å². The van der Waals surface area contributed by atoms with Crippen molar-refractivity contribution in [3.8, 4) is 0 Å². The first-order chi connectivity index (χ1) is 10.2. The summed E-state index contributed by atoms with van der Waals surface area (Å²) in [5.74, 6) is 0.118. The predicted octanol–water partition coefficient (Wildman–Crippen LogP) is 3.36. The Kier molecular flexibility index (Phi) is 2.17. The van der Waals surface area contributed by atoms with Gasteiger partial charge in [-0.05, 0) is 34.9 Å². The number of ether oxygens (including phenoxy) is 1. The Morgan fingerprint density at radius 1 is 1.00 bits per heavy atom. The number of carbonyl (C=O) groups excluding carboxylic acids is 1. The van der Waals surface area contributed by atoms with E-state index in [1.165, 1.54) is 11.1 Å². The van der Waals surface area contributed by atoms with Crippen LogP contribution in [0.2, 0.25) is 5.02 Å². The SMILES string of the molecule is O=C1NC2C(c3cc(Cl)ccc31)[C@@H]1O[C@H]2c2ccccc21. The summed E-state index contributed by atoms with van der Waals surface area (Å²) >= 11 is 6.14. The summed E-state index contributed by atoms with van der Waals surface area (Å²) < 4.78 is 6.18. The van der Waals surface area contributed by atoms with Gasteiger partial charge in [-0.25, -0.2) is 0 Å². The van der Waals surface area contributed by atoms with Crippen molar-refractivity contribution in [2.75, 3.05) is 0 Å². The normalized spacial score (nSPS) is 31.4. The number of hydrogen-bond donors (Lipinski definition) is 1. The fourth-order valence-electron chi connectivity index (χ4n) is 4.03. The van der Waals surface area contributed by atoms with E-state index in [4.69, 9.17) is 16.3 Å². The monoisotopic (exact) mass is 297 g/mol. The Morgan fingerprint density at radius 3 is 2.57 bits per heavy atom. The van der Waals surface area contributed by atoms with Crippen LogP contribution in [0.5, 0.6) is 0 Å². The van der Waals surface area contributed by atoms with Gasteiger partial charge in [0.25, 0.3) is 5.91 Å². The standard InChI is InChI=1S/C17H12ClNO2/c18-8-5-6-11-12(7-8)13-14(19-17(11)20)16-10-4-2-1-3-9(10)15(13)21-16/h1-7,13-16H,(H,19,20)/t13?,14?,15-,16+/m1/s1. The van der Waals surface area contributed by atoms with E-state index >= 15 is 0 Å². The topological polar surface area (TPSA) is 38.3 Å². The first-order valence-corrected chi connectivity index (χ1v) is 7.46. The van der Waals surface area contributed by atoms with Gasteiger partial charge in [0.2, 0.25) is 0 Å². The molecule has 104 valence electrons. The second-order valence-corrected chi connectivity index (χ2v) is 6.30. The highest BCUT2D eigenvalue weighted by Gasteiger charge is 2.55. The number of benzene rings is 2. The maximum atomic E-state index is 12.3. The van der Waals surface area contributed by atoms with Crippen molar-refractivity contribution < 1.29 is 9.53 Å². The zero-order valence-corrected chi connectivity index (χ0v) is 11.8. The minimum Gasteiger partial charge on any atom is -0.363 e. The molecule has 0 spiro atoms. The smallest absolute Gasteiger partial charge is 0.251 e. The zero-order valence-electron chi connectivity index (χ0n) is 11.0. The van der Waals surface area contributed by atoms with Crippen LogP contribution in [0.25, 0.3) is 0 Å². The summed E-state index contributed by atoms with van der Waals surface area (Å²) in [5, 5.41) is 3.78. The molecule has 21 heavy (non-hydrogen) atoms. The van der Waals surface area contributed by atoms with Crippen LogP contribution < -0.4 is 5.32 Å². The quantitative estimate of drug-likeness (QED) is 0.810. The summed E-state index contributed by atoms with van der Waals surface area (Å²) in [7, 11) is 0. The van der Waals surface area contributed by atoms with Crippen LogP contribution in [-0.2, 0) is 4.74 Å². The molecule has 4 heteroatoms. The molecule has 3 nitrogen and oxygen atoms in total. The highest BCUT2D eigenvalue weighted by Crippen LogP contribution is 2.59. The average Bonchev–Trinajstić information content (AvgIpc) is 3.04. The van der Waals surface area contributed by atoms with E-state index < -0.39 is 0 Å². The third-order valence-corrected chi connectivity index (χ3v) is 5.09. The average molecular weight is 298 g/mol. The van der Waals surface area contributed by atoms with Gasteiger partial charge in [-0.1, -0.05) is 35.9 Å². The Balaban J connectivity index is 1.73. The van der Waals surface area contributed by atoms with E-state index in [1.807, 2.05) is 18.2 Å². The van der Waals surface area contributed by atoms with Crippen molar-refractivity contribution in [3.05, 3.63) is 69.7 Å². The number of fused-ring (bicyclic) bond motifs is 10. The third kappa shape index (κ3) is 1.40. The van der Waals surface area contributed by atoms with Gasteiger partial charge in [-0.3, -0.25) is 4.79 Å². The molecule has 2 aromatic carbocycles. The lowest BCUT2D eigenvalue weighted by atomic mass is 9.73. The van der Waals surface area contributed by atoms with Gasteiger partial charge in [0.1, 0.15) is 6.10 Å². The summed E-state index contributed by atoms with van der Waals surface area (Å²) in [6.07, 6.45) is -0.0405. The van der Waals surface area contributed by atoms with E-state index in [0.717, 1.165) is 5.56 Å². The number of amides is 1. The van der Waals surface area contributed by atoms with Crippen molar-refractivity contribution in [1.82, 2.24) is 5.32 Å². The molecule has 2 unspecified atom stereocenters. The molecule has 1 N–H and O–H groups in total. The maximum absolute atomic E-state index is 12.3. The van der Waals surface area contributed by atoms with Crippen molar-refractivity contribution in [3.63, 3.8) is 0 Å². The summed E-state index contributed by atoms with van der Waals surface area (Å²) in [4.78, 5) is 12.3. The largest absolute Gasteiger partial charge is 0.363 e. The van der Waals surface area contributed by atoms with Crippen LogP contribution in [-0.4, -0.2) is 11.9 Å². The van der Waals surface area contributed by atoms with Crippen LogP contribution in [0.1, 0.15) is 45.2 Å². The molecule has 2 bridgehead atoms. The lowest BCUT2D eigenvalue weighted by Crippen LogP contribution is -2.46. The van der Waals surface area contributed by atoms with Crippen LogP contribution in [0.15, 0.2) is 42.5 Å². The van der Waals surface area contributed by atoms with E-state index in [1.54, 1.807) is 12.1 Å². The fourth-order valence-corrected chi connectivity index (χ4v) is 4.21. The number of halogens is 1. The molecule has 2 aromatic rings. The lowest BCUT2D eigenvalue weighted by molar-refractivity contribution is 0.0611. The van der Waals surface area contributed by atoms with Crippen LogP contribution >= 0.6 is 11.6 Å². The van der Waals surface area contributed by atoms with Gasteiger partial charge in [0.05, 0.1) is 12.1 Å². The van der Waals surface area contributed by atoms with E-state index in [9.17, 15) is 4.79 Å². The lowest BCUT2D eigenvalue weighted by Gasteiger charge is -2.35. The summed E-state index contributed by atoms with van der Waals surface area (Å²) in [5.41, 5.74) is 4.17. The van der Waals surface area contributed by atoms with Gasteiger partial charge in [0, 0.05) is 16.5 Å². The first-order valence-electron chi connectivity index (χ1n) is 7.08. The summed E-state index contributed by atoms with van der Waals surface area (Å²) in [6, 6.07) is 13.8. The molecule has 0 radical (unpaired) electrons. The Bertz CT molecular complexity index is 788. The van der Waals surface area contributed by atoms with Crippen LogP contribution in [0, 0.1) is 0 Å². The van der Waals surface area contributed by atoms with Gasteiger partial charge in [-0.15, -0.1) is 0 Å². The van der Waals surface area contributed by atoms with E-state index in [0.29, 0.717) is 10.6 Å². The van der Waals surface area contributed by atoms with Crippen molar-refractivity contribution >= 4 is 17.5 Å². The molecule has 5 rings (SSSR count). The Hall–Kier alpha value is -1.84. The molecular weight excluding hydrogens is 286 g/mol. The van der Waals surface area contributed by atoms with Gasteiger partial charge in [-0.2, -0.15) is 0 Å². The Labute approximate surface area is 126 Å². The highest BCUT2D eigenvalue weighted by molar-refractivity contribution is 6.30. The van der Waals surface area contributed by atoms with Gasteiger partial charge < -0.3 is 10.1 Å². The molecular formula is C17H12ClNO2. The number of rotatable bonds is 0. The predicted molar refractivity (Wildman–Crippen MR) is 78.5 cm³/mol. The Morgan fingerprint density at radius 2 is 1.76 bits per heavy atom. The third-order valence-electron chi connectivity index (χ3n) is 4.86. The van der Waals surface area contributed by atoms with Crippen LogP contribution in [0.3, 0.4) is 0 Å². The molecule has 0 aromatic heterocycles. The van der Waals surface area contributed by atoms with Crippen LogP contribution in [0.4, 0.5) is 0 Å². The maximum Gasteiger partial charge on any atom is 0.251 e.